The van der Waals surface area contributed by atoms with Crippen LogP contribution in [0.4, 0.5) is 5.82 Å². The van der Waals surface area contributed by atoms with Crippen LogP contribution >= 0.6 is 15.9 Å². The van der Waals surface area contributed by atoms with Crippen molar-refractivity contribution in [3.8, 4) is 6.07 Å². The fourth-order valence-electron chi connectivity index (χ4n) is 5.71. The Balaban J connectivity index is 1.24. The van der Waals surface area contributed by atoms with E-state index in [0.717, 1.165) is 60.6 Å². The van der Waals surface area contributed by atoms with Gasteiger partial charge in [-0.2, -0.15) is 5.26 Å². The van der Waals surface area contributed by atoms with Crippen molar-refractivity contribution in [2.75, 3.05) is 5.32 Å². The minimum atomic E-state index is -0.623. The number of aliphatic carboxylic acids is 1. The lowest BCUT2D eigenvalue weighted by atomic mass is 9.88. The molecule has 5 rings (SSSR count). The Labute approximate surface area is 177 Å². The Bertz CT molecular complexity index is 992. The predicted molar refractivity (Wildman–Crippen MR) is 110 cm³/mol. The van der Waals surface area contributed by atoms with Gasteiger partial charge in [-0.15, -0.1) is 0 Å². The number of nitriles is 1. The smallest absolute Gasteiger partial charge is 0.308 e. The number of nitrogens with zero attached hydrogens (tertiary/aromatic N) is 3. The first-order valence-electron chi connectivity index (χ1n) is 10.3. The van der Waals surface area contributed by atoms with Gasteiger partial charge in [0.05, 0.1) is 16.6 Å². The first-order valence-corrected chi connectivity index (χ1v) is 11.1. The molecule has 3 atom stereocenters. The second-order valence-corrected chi connectivity index (χ2v) is 9.29. The molecule has 1 aliphatic carbocycles. The lowest BCUT2D eigenvalue weighted by molar-refractivity contribution is -0.142. The van der Waals surface area contributed by atoms with E-state index in [1.165, 1.54) is 0 Å². The van der Waals surface area contributed by atoms with Crippen molar-refractivity contribution in [2.45, 2.75) is 69.1 Å². The molecular formula is C21H23BrN4O3. The van der Waals surface area contributed by atoms with Gasteiger partial charge in [0.2, 0.25) is 5.76 Å². The van der Waals surface area contributed by atoms with Crippen LogP contribution in [0, 0.1) is 17.2 Å². The monoisotopic (exact) mass is 458 g/mol. The van der Waals surface area contributed by atoms with Crippen LogP contribution in [0.1, 0.15) is 50.7 Å². The zero-order chi connectivity index (χ0) is 20.1. The number of fused-ring (bicyclic) bond motifs is 3. The molecule has 3 fully saturated rings. The molecule has 2 saturated heterocycles. The van der Waals surface area contributed by atoms with Crippen LogP contribution < -0.4 is 5.32 Å². The Morgan fingerprint density at radius 2 is 2.03 bits per heavy atom. The maximum atomic E-state index is 11.5. The van der Waals surface area contributed by atoms with E-state index in [-0.39, 0.29) is 17.7 Å². The van der Waals surface area contributed by atoms with Crippen LogP contribution in [0.15, 0.2) is 21.2 Å². The highest BCUT2D eigenvalue weighted by molar-refractivity contribution is 9.10. The Hall–Kier alpha value is -2.11. The number of carboxylic acid groups (broad SMARTS) is 1. The minimum absolute atomic E-state index is 0.176. The van der Waals surface area contributed by atoms with E-state index in [4.69, 9.17) is 9.68 Å². The third-order valence-corrected chi connectivity index (χ3v) is 7.80. The molecule has 3 unspecified atom stereocenters. The summed E-state index contributed by atoms with van der Waals surface area (Å²) in [4.78, 5) is 18.6. The lowest BCUT2D eigenvalue weighted by Crippen LogP contribution is -2.44. The molecule has 2 N–H and O–H groups in total. The molecule has 2 aliphatic heterocycles. The summed E-state index contributed by atoms with van der Waals surface area (Å²) in [5.74, 6) is 0.255. The third kappa shape index (κ3) is 3.21. The number of hydrogen-bond acceptors (Lipinski definition) is 6. The van der Waals surface area contributed by atoms with Gasteiger partial charge in [0, 0.05) is 35.6 Å². The summed E-state index contributed by atoms with van der Waals surface area (Å²) in [5, 5.41) is 22.9. The molecule has 0 radical (unpaired) electrons. The number of aromatic nitrogens is 1. The molecule has 2 bridgehead atoms. The highest BCUT2D eigenvalue weighted by Gasteiger charge is 2.51. The molecule has 152 valence electrons. The van der Waals surface area contributed by atoms with Gasteiger partial charge in [0.1, 0.15) is 11.9 Å². The summed E-state index contributed by atoms with van der Waals surface area (Å²) in [6.07, 6.45) is 8.92. The maximum absolute atomic E-state index is 11.5. The average Bonchev–Trinajstić information content (AvgIpc) is 3.43. The zero-order valence-electron chi connectivity index (χ0n) is 16.0. The Kier molecular flexibility index (Phi) is 4.75. The number of nitrogens with one attached hydrogen (secondary N) is 1. The van der Waals surface area contributed by atoms with Gasteiger partial charge in [-0.3, -0.25) is 9.69 Å². The summed E-state index contributed by atoms with van der Waals surface area (Å²) < 4.78 is 6.26. The SMILES string of the molecule is N#Cc1cc2c(Br)c(NC3CCC(N4C5CCC4C(C(=O)O)C5)CC3)ncc2o1. The van der Waals surface area contributed by atoms with Crippen LogP contribution in [0.25, 0.3) is 11.0 Å². The van der Waals surface area contributed by atoms with Crippen molar-refractivity contribution >= 4 is 38.7 Å². The highest BCUT2D eigenvalue weighted by atomic mass is 79.9. The molecule has 29 heavy (non-hydrogen) atoms. The first kappa shape index (κ1) is 18.9. The van der Waals surface area contributed by atoms with Gasteiger partial charge in [-0.05, 0) is 60.9 Å². The highest BCUT2D eigenvalue weighted by Crippen LogP contribution is 2.45. The fraction of sp³-hybridized carbons (Fsp3) is 0.571. The van der Waals surface area contributed by atoms with Crippen molar-refractivity contribution in [3.05, 3.63) is 22.5 Å². The molecular weight excluding hydrogens is 436 g/mol. The van der Waals surface area contributed by atoms with Crippen LogP contribution in [-0.2, 0) is 4.79 Å². The van der Waals surface area contributed by atoms with E-state index < -0.39 is 5.97 Å². The van der Waals surface area contributed by atoms with Crippen LogP contribution in [0.2, 0.25) is 0 Å². The molecule has 0 aromatic carbocycles. The Morgan fingerprint density at radius 3 is 2.72 bits per heavy atom. The number of rotatable bonds is 4. The largest absolute Gasteiger partial charge is 0.481 e. The standard InChI is InChI=1S/C21H23BrN4O3/c22-19-16-8-14(9-23)29-18(16)10-24-20(19)25-11-1-3-12(4-2-11)26-13-5-6-17(26)15(7-13)21(27)28/h8,10-13,15,17H,1-7H2,(H,24,25)(H,27,28). The molecule has 1 saturated carbocycles. The molecule has 2 aromatic heterocycles. The van der Waals surface area contributed by atoms with Gasteiger partial charge in [-0.25, -0.2) is 4.98 Å². The van der Waals surface area contributed by atoms with Crippen molar-refractivity contribution < 1.29 is 14.3 Å². The zero-order valence-corrected chi connectivity index (χ0v) is 17.6. The number of furan rings is 1. The summed E-state index contributed by atoms with van der Waals surface area (Å²) >= 11 is 3.60. The number of halogens is 1. The maximum Gasteiger partial charge on any atom is 0.308 e. The first-order chi connectivity index (χ1) is 14.0. The molecule has 0 spiro atoms. The lowest BCUT2D eigenvalue weighted by Gasteiger charge is -2.38. The number of carboxylic acids is 1. The van der Waals surface area contributed by atoms with E-state index >= 15 is 0 Å². The van der Waals surface area contributed by atoms with E-state index in [9.17, 15) is 9.90 Å². The van der Waals surface area contributed by atoms with Crippen LogP contribution in [0.3, 0.4) is 0 Å². The van der Waals surface area contributed by atoms with E-state index in [0.29, 0.717) is 23.7 Å². The predicted octanol–water partition coefficient (Wildman–Crippen LogP) is 4.12. The van der Waals surface area contributed by atoms with Crippen molar-refractivity contribution in [3.63, 3.8) is 0 Å². The third-order valence-electron chi connectivity index (χ3n) is 6.99. The van der Waals surface area contributed by atoms with E-state index in [2.05, 4.69) is 31.1 Å². The van der Waals surface area contributed by atoms with E-state index in [1.807, 2.05) is 6.07 Å². The normalized spacial score (nSPS) is 31.8. The number of anilines is 1. The quantitative estimate of drug-likeness (QED) is 0.709. The van der Waals surface area contributed by atoms with Gasteiger partial charge in [0.25, 0.3) is 0 Å². The van der Waals surface area contributed by atoms with Crippen LogP contribution in [0.5, 0.6) is 0 Å². The molecule has 4 heterocycles. The van der Waals surface area contributed by atoms with Gasteiger partial charge < -0.3 is 14.8 Å². The summed E-state index contributed by atoms with van der Waals surface area (Å²) in [7, 11) is 0. The van der Waals surface area contributed by atoms with Crippen molar-refractivity contribution in [1.82, 2.24) is 9.88 Å². The molecule has 7 nitrogen and oxygen atoms in total. The molecule has 3 aliphatic rings. The topological polar surface area (TPSA) is 102 Å². The minimum Gasteiger partial charge on any atom is -0.481 e. The van der Waals surface area contributed by atoms with Gasteiger partial charge in [-0.1, -0.05) is 0 Å². The molecule has 0 amide bonds. The van der Waals surface area contributed by atoms with Crippen LogP contribution in [-0.4, -0.2) is 45.1 Å². The van der Waals surface area contributed by atoms with Gasteiger partial charge >= 0.3 is 5.97 Å². The molecule has 2 aromatic rings. The second kappa shape index (κ2) is 7.29. The number of pyridine rings is 1. The fourth-order valence-corrected chi connectivity index (χ4v) is 6.24. The Morgan fingerprint density at radius 1 is 1.28 bits per heavy atom. The molecule has 8 heteroatoms. The van der Waals surface area contributed by atoms with Crippen molar-refractivity contribution in [1.29, 1.82) is 5.26 Å². The number of carbonyl (C=O) groups is 1. The van der Waals surface area contributed by atoms with E-state index in [1.54, 1.807) is 12.3 Å². The number of hydrogen-bond donors (Lipinski definition) is 2. The van der Waals surface area contributed by atoms with Gasteiger partial charge in [0.15, 0.2) is 5.58 Å². The average molecular weight is 459 g/mol. The summed E-state index contributed by atoms with van der Waals surface area (Å²) in [5.41, 5.74) is 0.597. The summed E-state index contributed by atoms with van der Waals surface area (Å²) in [6, 6.07) is 5.29. The summed E-state index contributed by atoms with van der Waals surface area (Å²) in [6.45, 7) is 0. The van der Waals surface area contributed by atoms with Crippen molar-refractivity contribution in [2.24, 2.45) is 5.92 Å². The second-order valence-electron chi connectivity index (χ2n) is 8.50.